The molecule has 2 aromatic heterocycles. The van der Waals surface area contributed by atoms with Crippen LogP contribution in [0, 0.1) is 6.92 Å². The summed E-state index contributed by atoms with van der Waals surface area (Å²) in [6.45, 7) is 2.34. The van der Waals surface area contributed by atoms with Gasteiger partial charge in [0, 0.05) is 24.0 Å². The van der Waals surface area contributed by atoms with Crippen LogP contribution in [0.2, 0.25) is 0 Å². The molecule has 2 rings (SSSR count). The summed E-state index contributed by atoms with van der Waals surface area (Å²) in [7, 11) is 0. The molecule has 6 heteroatoms. The maximum absolute atomic E-state index is 11.7. The molecule has 0 spiro atoms. The summed E-state index contributed by atoms with van der Waals surface area (Å²) >= 11 is 0. The number of nitrogens with two attached hydrogens (primary N) is 1. The van der Waals surface area contributed by atoms with Crippen molar-refractivity contribution in [2.75, 3.05) is 5.73 Å². The van der Waals surface area contributed by atoms with Gasteiger partial charge in [-0.05, 0) is 19.1 Å². The Morgan fingerprint density at radius 2 is 2.29 bits per heavy atom. The van der Waals surface area contributed by atoms with E-state index in [1.807, 2.05) is 6.92 Å². The van der Waals surface area contributed by atoms with E-state index in [0.29, 0.717) is 17.9 Å². The van der Waals surface area contributed by atoms with Crippen molar-refractivity contribution in [2.45, 2.75) is 13.5 Å². The third-order valence-electron chi connectivity index (χ3n) is 2.42. The molecule has 4 N–H and O–H groups in total. The number of hydrogen-bond donors (Lipinski definition) is 3. The molecular weight excluding hydrogens is 218 g/mol. The van der Waals surface area contributed by atoms with Crippen LogP contribution in [0.5, 0.6) is 0 Å². The van der Waals surface area contributed by atoms with Gasteiger partial charge in [0.2, 0.25) is 0 Å². The third kappa shape index (κ3) is 2.60. The first-order chi connectivity index (χ1) is 8.16. The molecule has 0 radical (unpaired) electrons. The molecule has 0 atom stereocenters. The monoisotopic (exact) mass is 231 g/mol. The first-order valence-electron chi connectivity index (χ1n) is 5.15. The van der Waals surface area contributed by atoms with Crippen LogP contribution in [0.25, 0.3) is 0 Å². The van der Waals surface area contributed by atoms with Gasteiger partial charge in [0.25, 0.3) is 5.91 Å². The smallest absolute Gasteiger partial charge is 0.253 e. The van der Waals surface area contributed by atoms with E-state index in [1.54, 1.807) is 18.3 Å². The number of nitrogens with one attached hydrogen (secondary N) is 2. The maximum Gasteiger partial charge on any atom is 0.253 e. The number of nitrogen functional groups attached to an aromatic ring is 1. The minimum Gasteiger partial charge on any atom is -0.384 e. The summed E-state index contributed by atoms with van der Waals surface area (Å²) in [6.07, 6.45) is 3.14. The summed E-state index contributed by atoms with van der Waals surface area (Å²) in [5.41, 5.74) is 7.83. The van der Waals surface area contributed by atoms with Crippen LogP contribution in [-0.4, -0.2) is 21.1 Å². The Bertz CT molecular complexity index is 517. The number of amides is 1. The molecule has 0 saturated heterocycles. The van der Waals surface area contributed by atoms with E-state index in [9.17, 15) is 4.79 Å². The minimum absolute atomic E-state index is 0.182. The minimum atomic E-state index is -0.182. The zero-order valence-electron chi connectivity index (χ0n) is 9.40. The molecule has 0 fully saturated rings. The van der Waals surface area contributed by atoms with Crippen molar-refractivity contribution in [2.24, 2.45) is 0 Å². The number of aryl methyl sites for hydroxylation is 1. The lowest BCUT2D eigenvalue weighted by Crippen LogP contribution is -2.23. The normalized spacial score (nSPS) is 10.2. The fraction of sp³-hybridized carbons (Fsp3) is 0.182. The fourth-order valence-corrected chi connectivity index (χ4v) is 1.37. The summed E-state index contributed by atoms with van der Waals surface area (Å²) in [4.78, 5) is 15.6. The van der Waals surface area contributed by atoms with E-state index in [4.69, 9.17) is 5.73 Å². The lowest BCUT2D eigenvalue weighted by Gasteiger charge is -2.04. The van der Waals surface area contributed by atoms with Crippen molar-refractivity contribution < 1.29 is 4.79 Å². The molecule has 17 heavy (non-hydrogen) atoms. The van der Waals surface area contributed by atoms with E-state index < -0.39 is 0 Å². The number of nitrogens with zero attached hydrogens (tertiary/aromatic N) is 2. The average Bonchev–Trinajstić information content (AvgIpc) is 2.73. The highest BCUT2D eigenvalue weighted by Gasteiger charge is 2.07. The van der Waals surface area contributed by atoms with Crippen molar-refractivity contribution in [1.29, 1.82) is 0 Å². The number of rotatable bonds is 3. The molecule has 0 aliphatic rings. The predicted octanol–water partition coefficient (Wildman–Crippen LogP) is 0.625. The second kappa shape index (κ2) is 4.65. The number of H-pyrrole nitrogens is 1. The van der Waals surface area contributed by atoms with Crippen LogP contribution in [0.4, 0.5) is 5.82 Å². The van der Waals surface area contributed by atoms with Gasteiger partial charge in [-0.15, -0.1) is 0 Å². The number of aromatic amines is 1. The van der Waals surface area contributed by atoms with E-state index in [1.165, 1.54) is 6.20 Å². The van der Waals surface area contributed by atoms with Crippen LogP contribution in [-0.2, 0) is 6.54 Å². The molecule has 1 amide bonds. The molecule has 0 aliphatic heterocycles. The summed E-state index contributed by atoms with van der Waals surface area (Å²) in [5.74, 6) is 0.213. The quantitative estimate of drug-likeness (QED) is 0.721. The predicted molar refractivity (Wildman–Crippen MR) is 63.1 cm³/mol. The number of hydrogen-bond acceptors (Lipinski definition) is 4. The van der Waals surface area contributed by atoms with Crippen LogP contribution >= 0.6 is 0 Å². The molecule has 0 aromatic carbocycles. The van der Waals surface area contributed by atoms with E-state index in [-0.39, 0.29) is 5.91 Å². The molecule has 88 valence electrons. The third-order valence-corrected chi connectivity index (χ3v) is 2.42. The molecule has 2 aromatic rings. The summed E-state index contributed by atoms with van der Waals surface area (Å²) in [6, 6.07) is 3.23. The Balaban J connectivity index is 1.98. The van der Waals surface area contributed by atoms with E-state index >= 15 is 0 Å². The molecule has 0 saturated carbocycles. The molecular formula is C11H13N5O. The van der Waals surface area contributed by atoms with E-state index in [2.05, 4.69) is 20.5 Å². The van der Waals surface area contributed by atoms with Crippen LogP contribution in [0.1, 0.15) is 21.6 Å². The lowest BCUT2D eigenvalue weighted by molar-refractivity contribution is 0.0950. The van der Waals surface area contributed by atoms with Gasteiger partial charge in [-0.3, -0.25) is 9.89 Å². The first kappa shape index (κ1) is 11.1. The zero-order chi connectivity index (χ0) is 12.3. The highest BCUT2D eigenvalue weighted by Crippen LogP contribution is 2.04. The Morgan fingerprint density at radius 1 is 1.47 bits per heavy atom. The molecule has 0 unspecified atom stereocenters. The fourth-order valence-electron chi connectivity index (χ4n) is 1.37. The van der Waals surface area contributed by atoms with Gasteiger partial charge in [0.1, 0.15) is 5.82 Å². The molecule has 0 aliphatic carbocycles. The summed E-state index contributed by atoms with van der Waals surface area (Å²) < 4.78 is 0. The Labute approximate surface area is 98.3 Å². The van der Waals surface area contributed by atoms with Crippen LogP contribution in [0.3, 0.4) is 0 Å². The van der Waals surface area contributed by atoms with Gasteiger partial charge in [0.05, 0.1) is 11.8 Å². The SMILES string of the molecule is Cc1[nH]ncc1CNC(=O)c1ccc(N)nc1. The number of carbonyl (C=O) groups excluding carboxylic acids is 1. The van der Waals surface area contributed by atoms with Gasteiger partial charge in [-0.1, -0.05) is 0 Å². The summed E-state index contributed by atoms with van der Waals surface area (Å²) in [5, 5.41) is 9.47. The van der Waals surface area contributed by atoms with Gasteiger partial charge in [-0.2, -0.15) is 5.10 Å². The average molecular weight is 231 g/mol. The number of pyridine rings is 1. The number of carbonyl (C=O) groups is 1. The van der Waals surface area contributed by atoms with Gasteiger partial charge < -0.3 is 11.1 Å². The zero-order valence-corrected chi connectivity index (χ0v) is 9.40. The lowest BCUT2D eigenvalue weighted by atomic mass is 10.2. The number of aromatic nitrogens is 3. The van der Waals surface area contributed by atoms with Crippen molar-refractivity contribution >= 4 is 11.7 Å². The van der Waals surface area contributed by atoms with Gasteiger partial charge >= 0.3 is 0 Å². The maximum atomic E-state index is 11.7. The van der Waals surface area contributed by atoms with Crippen LogP contribution in [0.15, 0.2) is 24.5 Å². The Kier molecular flexibility index (Phi) is 3.04. The van der Waals surface area contributed by atoms with Crippen molar-refractivity contribution in [3.63, 3.8) is 0 Å². The first-order valence-corrected chi connectivity index (χ1v) is 5.15. The standard InChI is InChI=1S/C11H13N5O/c1-7-9(6-15-16-7)5-14-11(17)8-2-3-10(12)13-4-8/h2-4,6H,5H2,1H3,(H2,12,13)(H,14,17)(H,15,16). The van der Waals surface area contributed by atoms with E-state index in [0.717, 1.165) is 11.3 Å². The second-order valence-corrected chi connectivity index (χ2v) is 3.67. The van der Waals surface area contributed by atoms with Crippen molar-refractivity contribution in [3.05, 3.63) is 41.3 Å². The Morgan fingerprint density at radius 3 is 2.88 bits per heavy atom. The topological polar surface area (TPSA) is 96.7 Å². The largest absolute Gasteiger partial charge is 0.384 e. The van der Waals surface area contributed by atoms with Gasteiger partial charge in [0.15, 0.2) is 0 Å². The van der Waals surface area contributed by atoms with Crippen molar-refractivity contribution in [3.8, 4) is 0 Å². The van der Waals surface area contributed by atoms with Crippen molar-refractivity contribution in [1.82, 2.24) is 20.5 Å². The highest BCUT2D eigenvalue weighted by atomic mass is 16.1. The highest BCUT2D eigenvalue weighted by molar-refractivity contribution is 5.93. The molecule has 6 nitrogen and oxygen atoms in total. The Hall–Kier alpha value is -2.37. The number of anilines is 1. The van der Waals surface area contributed by atoms with Crippen LogP contribution < -0.4 is 11.1 Å². The molecule has 0 bridgehead atoms. The molecule has 2 heterocycles. The second-order valence-electron chi connectivity index (χ2n) is 3.67. The van der Waals surface area contributed by atoms with Gasteiger partial charge in [-0.25, -0.2) is 4.98 Å².